The van der Waals surface area contributed by atoms with Gasteiger partial charge in [0.15, 0.2) is 0 Å². The fourth-order valence-electron chi connectivity index (χ4n) is 2.05. The molecule has 8 N–H and O–H groups in total. The molecular weight excluding hydrogens is 280 g/mol. The molecule has 2 aromatic rings. The third-order valence-corrected chi connectivity index (χ3v) is 3.30. The van der Waals surface area contributed by atoms with Gasteiger partial charge in [0.25, 0.3) is 0 Å². The van der Waals surface area contributed by atoms with Crippen molar-refractivity contribution in [3.8, 4) is 0 Å². The standard InChI is InChI=1S/C16H22N4O2/c17-12-5-6-14(18)11(7-12)8-19-15-3-1-2-4-16(15)20-9-13(22)10-21/h1-7,13,19-22H,8-10,17-18H2. The highest BCUT2D eigenvalue weighted by molar-refractivity contribution is 5.69. The molecule has 0 aromatic heterocycles. The molecule has 2 aromatic carbocycles. The highest BCUT2D eigenvalue weighted by atomic mass is 16.3. The van der Waals surface area contributed by atoms with E-state index in [1.807, 2.05) is 30.3 Å². The number of hydrogen-bond donors (Lipinski definition) is 6. The Balaban J connectivity index is 2.04. The van der Waals surface area contributed by atoms with Crippen LogP contribution in [0.1, 0.15) is 5.56 Å². The van der Waals surface area contributed by atoms with E-state index in [0.717, 1.165) is 16.9 Å². The van der Waals surface area contributed by atoms with Gasteiger partial charge in [-0.25, -0.2) is 0 Å². The zero-order valence-electron chi connectivity index (χ0n) is 12.3. The van der Waals surface area contributed by atoms with E-state index in [4.69, 9.17) is 16.6 Å². The fourth-order valence-corrected chi connectivity index (χ4v) is 2.05. The largest absolute Gasteiger partial charge is 0.399 e. The van der Waals surface area contributed by atoms with Crippen LogP contribution in [0.4, 0.5) is 22.7 Å². The SMILES string of the molecule is Nc1ccc(N)c(CNc2ccccc2NCC(O)CO)c1. The summed E-state index contributed by atoms with van der Waals surface area (Å²) in [6, 6.07) is 13.0. The second kappa shape index (κ2) is 7.53. The number of anilines is 4. The van der Waals surface area contributed by atoms with Gasteiger partial charge in [0.05, 0.1) is 24.1 Å². The highest BCUT2D eigenvalue weighted by Gasteiger charge is 2.06. The van der Waals surface area contributed by atoms with Crippen LogP contribution in [-0.2, 0) is 6.54 Å². The summed E-state index contributed by atoms with van der Waals surface area (Å²) in [5.41, 5.74) is 15.7. The molecule has 0 radical (unpaired) electrons. The molecule has 1 atom stereocenters. The van der Waals surface area contributed by atoms with E-state index in [-0.39, 0.29) is 13.2 Å². The summed E-state index contributed by atoms with van der Waals surface area (Å²) in [4.78, 5) is 0. The lowest BCUT2D eigenvalue weighted by Crippen LogP contribution is -2.23. The number of para-hydroxylation sites is 2. The highest BCUT2D eigenvalue weighted by Crippen LogP contribution is 2.23. The Labute approximate surface area is 129 Å². The van der Waals surface area contributed by atoms with E-state index in [9.17, 15) is 5.11 Å². The predicted molar refractivity (Wildman–Crippen MR) is 90.6 cm³/mol. The number of hydrogen-bond acceptors (Lipinski definition) is 6. The molecule has 0 aliphatic carbocycles. The van der Waals surface area contributed by atoms with Crippen molar-refractivity contribution < 1.29 is 10.2 Å². The molecule has 2 rings (SSSR count). The van der Waals surface area contributed by atoms with Crippen molar-refractivity contribution in [3.63, 3.8) is 0 Å². The summed E-state index contributed by atoms with van der Waals surface area (Å²) >= 11 is 0. The summed E-state index contributed by atoms with van der Waals surface area (Å²) in [6.07, 6.45) is -0.794. The summed E-state index contributed by atoms with van der Waals surface area (Å²) < 4.78 is 0. The summed E-state index contributed by atoms with van der Waals surface area (Å²) in [7, 11) is 0. The van der Waals surface area contributed by atoms with Gasteiger partial charge in [-0.05, 0) is 35.9 Å². The third kappa shape index (κ3) is 4.28. The van der Waals surface area contributed by atoms with Crippen molar-refractivity contribution in [1.82, 2.24) is 0 Å². The first-order chi connectivity index (χ1) is 10.6. The molecule has 6 nitrogen and oxygen atoms in total. The Morgan fingerprint density at radius 1 is 1.00 bits per heavy atom. The van der Waals surface area contributed by atoms with Crippen LogP contribution in [-0.4, -0.2) is 29.5 Å². The molecule has 0 spiro atoms. The van der Waals surface area contributed by atoms with E-state index in [1.165, 1.54) is 0 Å². The summed E-state index contributed by atoms with van der Waals surface area (Å²) in [6.45, 7) is 0.538. The Morgan fingerprint density at radius 3 is 2.36 bits per heavy atom. The van der Waals surface area contributed by atoms with Gasteiger partial charge in [-0.3, -0.25) is 0 Å². The van der Waals surface area contributed by atoms with Crippen molar-refractivity contribution >= 4 is 22.7 Å². The molecule has 0 heterocycles. The maximum atomic E-state index is 9.42. The van der Waals surface area contributed by atoms with Crippen molar-refractivity contribution in [2.75, 3.05) is 35.3 Å². The van der Waals surface area contributed by atoms with E-state index in [1.54, 1.807) is 12.1 Å². The minimum atomic E-state index is -0.794. The first-order valence-electron chi connectivity index (χ1n) is 7.09. The number of rotatable bonds is 7. The Kier molecular flexibility index (Phi) is 5.46. The summed E-state index contributed by atoms with van der Waals surface area (Å²) in [5.74, 6) is 0. The second-order valence-electron chi connectivity index (χ2n) is 5.07. The summed E-state index contributed by atoms with van der Waals surface area (Å²) in [5, 5.41) is 24.7. The Hall–Kier alpha value is -2.44. The zero-order chi connectivity index (χ0) is 15.9. The molecule has 0 aliphatic rings. The first-order valence-corrected chi connectivity index (χ1v) is 7.09. The minimum Gasteiger partial charge on any atom is -0.399 e. The average Bonchev–Trinajstić information content (AvgIpc) is 2.54. The van der Waals surface area contributed by atoms with Crippen LogP contribution < -0.4 is 22.1 Å². The van der Waals surface area contributed by atoms with Gasteiger partial charge in [-0.1, -0.05) is 12.1 Å². The molecule has 0 fully saturated rings. The number of nitrogen functional groups attached to an aromatic ring is 2. The number of nitrogens with one attached hydrogen (secondary N) is 2. The second-order valence-corrected chi connectivity index (χ2v) is 5.07. The van der Waals surface area contributed by atoms with Gasteiger partial charge >= 0.3 is 0 Å². The molecule has 0 bridgehead atoms. The molecule has 118 valence electrons. The number of nitrogens with two attached hydrogens (primary N) is 2. The van der Waals surface area contributed by atoms with E-state index in [0.29, 0.717) is 17.9 Å². The average molecular weight is 302 g/mol. The fraction of sp³-hybridized carbons (Fsp3) is 0.250. The van der Waals surface area contributed by atoms with Gasteiger partial charge < -0.3 is 32.3 Å². The van der Waals surface area contributed by atoms with Gasteiger partial charge in [-0.2, -0.15) is 0 Å². The monoisotopic (exact) mass is 302 g/mol. The predicted octanol–water partition coefficient (Wildman–Crippen LogP) is 1.23. The third-order valence-electron chi connectivity index (χ3n) is 3.30. The van der Waals surface area contributed by atoms with Gasteiger partial charge in [0.2, 0.25) is 0 Å². The molecule has 22 heavy (non-hydrogen) atoms. The van der Waals surface area contributed by atoms with Crippen LogP contribution in [0.15, 0.2) is 42.5 Å². The molecule has 0 saturated carbocycles. The quantitative estimate of drug-likeness (QED) is 0.428. The molecule has 0 aliphatic heterocycles. The normalized spacial score (nSPS) is 11.9. The van der Waals surface area contributed by atoms with Gasteiger partial charge in [0, 0.05) is 24.5 Å². The Bertz CT molecular complexity index is 619. The van der Waals surface area contributed by atoms with Crippen LogP contribution in [0, 0.1) is 0 Å². The van der Waals surface area contributed by atoms with E-state index >= 15 is 0 Å². The number of benzene rings is 2. The minimum absolute atomic E-state index is 0.273. The lowest BCUT2D eigenvalue weighted by molar-refractivity contribution is 0.105. The maximum absolute atomic E-state index is 9.42. The first kappa shape index (κ1) is 15.9. The lowest BCUT2D eigenvalue weighted by atomic mass is 10.1. The van der Waals surface area contributed by atoms with E-state index in [2.05, 4.69) is 10.6 Å². The molecule has 0 amide bonds. The van der Waals surface area contributed by atoms with Crippen molar-refractivity contribution in [3.05, 3.63) is 48.0 Å². The van der Waals surface area contributed by atoms with Crippen molar-refractivity contribution in [1.29, 1.82) is 0 Å². The van der Waals surface area contributed by atoms with Crippen LogP contribution in [0.25, 0.3) is 0 Å². The van der Waals surface area contributed by atoms with E-state index < -0.39 is 6.10 Å². The van der Waals surface area contributed by atoms with Crippen LogP contribution in [0.5, 0.6) is 0 Å². The molecule has 1 unspecified atom stereocenters. The molecule has 6 heteroatoms. The van der Waals surface area contributed by atoms with Gasteiger partial charge in [-0.15, -0.1) is 0 Å². The number of aliphatic hydroxyl groups is 2. The Morgan fingerprint density at radius 2 is 1.68 bits per heavy atom. The van der Waals surface area contributed by atoms with Crippen molar-refractivity contribution in [2.24, 2.45) is 0 Å². The van der Waals surface area contributed by atoms with Crippen LogP contribution in [0.2, 0.25) is 0 Å². The lowest BCUT2D eigenvalue weighted by Gasteiger charge is -2.16. The van der Waals surface area contributed by atoms with Gasteiger partial charge in [0.1, 0.15) is 0 Å². The number of aliphatic hydroxyl groups excluding tert-OH is 2. The van der Waals surface area contributed by atoms with Crippen LogP contribution in [0.3, 0.4) is 0 Å². The van der Waals surface area contributed by atoms with Crippen LogP contribution >= 0.6 is 0 Å². The molecule has 0 saturated heterocycles. The topological polar surface area (TPSA) is 117 Å². The maximum Gasteiger partial charge on any atom is 0.0942 e. The zero-order valence-corrected chi connectivity index (χ0v) is 12.3. The molecular formula is C16H22N4O2. The smallest absolute Gasteiger partial charge is 0.0942 e. The van der Waals surface area contributed by atoms with Crippen molar-refractivity contribution in [2.45, 2.75) is 12.6 Å².